The molecule has 1 fully saturated rings. The van der Waals surface area contributed by atoms with Gasteiger partial charge in [-0.15, -0.1) is 0 Å². The predicted octanol–water partition coefficient (Wildman–Crippen LogP) is 2.35. The van der Waals surface area contributed by atoms with Gasteiger partial charge in [0, 0.05) is 18.8 Å². The van der Waals surface area contributed by atoms with Crippen molar-refractivity contribution in [2.24, 2.45) is 0 Å². The topological polar surface area (TPSA) is 84.0 Å². The molecule has 1 saturated heterocycles. The molecule has 9 heteroatoms. The summed E-state index contributed by atoms with van der Waals surface area (Å²) in [5.74, 6) is -0.388. The number of amides is 2. The minimum absolute atomic E-state index is 0.135. The lowest BCUT2D eigenvalue weighted by molar-refractivity contribution is 0.123. The molecule has 29 heavy (non-hydrogen) atoms. The fourth-order valence-corrected chi connectivity index (χ4v) is 4.32. The van der Waals surface area contributed by atoms with E-state index in [9.17, 15) is 14.0 Å². The Morgan fingerprint density at radius 3 is 3.00 bits per heavy atom. The first-order chi connectivity index (χ1) is 14.0. The van der Waals surface area contributed by atoms with Crippen molar-refractivity contribution in [3.8, 4) is 0 Å². The summed E-state index contributed by atoms with van der Waals surface area (Å²) in [7, 11) is 1.27. The molecule has 2 amide bonds. The molecule has 0 aliphatic carbocycles. The number of benzene rings is 1. The van der Waals surface area contributed by atoms with Gasteiger partial charge in [0.15, 0.2) is 0 Å². The van der Waals surface area contributed by atoms with Crippen LogP contribution in [0.4, 0.5) is 25.4 Å². The van der Waals surface area contributed by atoms with Crippen LogP contribution in [-0.2, 0) is 29.0 Å². The number of anilines is 2. The third-order valence-corrected chi connectivity index (χ3v) is 5.71. The molecular formula is C20H19FN4O4. The number of carbonyl (C=O) groups is 2. The van der Waals surface area contributed by atoms with Crippen LogP contribution in [0.3, 0.4) is 0 Å². The maximum absolute atomic E-state index is 15.0. The fraction of sp³-hybridized carbons (Fsp3) is 0.350. The minimum atomic E-state index is -0.592. The number of rotatable bonds is 3. The van der Waals surface area contributed by atoms with Crippen LogP contribution in [0.2, 0.25) is 0 Å². The number of halogens is 1. The highest BCUT2D eigenvalue weighted by Gasteiger charge is 2.48. The Hall–Kier alpha value is -3.36. The second-order valence-electron chi connectivity index (χ2n) is 7.33. The number of pyridine rings is 1. The zero-order chi connectivity index (χ0) is 20.1. The summed E-state index contributed by atoms with van der Waals surface area (Å²) in [5, 5.41) is 2.56. The van der Waals surface area contributed by atoms with Gasteiger partial charge < -0.3 is 19.7 Å². The first-order valence-electron chi connectivity index (χ1n) is 9.37. The van der Waals surface area contributed by atoms with Crippen molar-refractivity contribution in [1.82, 2.24) is 10.3 Å². The number of cyclic esters (lactones) is 1. The summed E-state index contributed by atoms with van der Waals surface area (Å²) in [6, 6.07) is 6.80. The van der Waals surface area contributed by atoms with E-state index < -0.39 is 18.3 Å². The summed E-state index contributed by atoms with van der Waals surface area (Å²) in [6.45, 7) is 1.28. The number of nitrogens with zero attached hydrogens (tertiary/aromatic N) is 3. The number of alkyl carbamates (subject to hydrolysis) is 1. The summed E-state index contributed by atoms with van der Waals surface area (Å²) < 4.78 is 24.9. The number of aromatic nitrogens is 1. The van der Waals surface area contributed by atoms with E-state index in [1.165, 1.54) is 18.1 Å². The fourth-order valence-electron chi connectivity index (χ4n) is 4.32. The Balaban J connectivity index is 1.39. The molecule has 2 atom stereocenters. The molecule has 3 aliphatic heterocycles. The van der Waals surface area contributed by atoms with Crippen LogP contribution in [0.15, 0.2) is 30.5 Å². The van der Waals surface area contributed by atoms with Crippen molar-refractivity contribution >= 4 is 23.6 Å². The monoisotopic (exact) mass is 398 g/mol. The Morgan fingerprint density at radius 2 is 2.21 bits per heavy atom. The van der Waals surface area contributed by atoms with E-state index >= 15 is 0 Å². The average molecular weight is 398 g/mol. The van der Waals surface area contributed by atoms with Crippen molar-refractivity contribution in [3.63, 3.8) is 0 Å². The van der Waals surface area contributed by atoms with Gasteiger partial charge in [-0.3, -0.25) is 9.88 Å². The summed E-state index contributed by atoms with van der Waals surface area (Å²) in [4.78, 5) is 31.5. The highest BCUT2D eigenvalue weighted by Crippen LogP contribution is 2.42. The number of carbonyl (C=O) groups excluding carboxylic acids is 2. The molecular weight excluding hydrogens is 379 g/mol. The molecule has 8 nitrogen and oxygen atoms in total. The summed E-state index contributed by atoms with van der Waals surface area (Å²) in [6.07, 6.45) is 0.617. The van der Waals surface area contributed by atoms with E-state index in [0.29, 0.717) is 30.9 Å². The lowest BCUT2D eigenvalue weighted by Gasteiger charge is -2.20. The molecule has 1 aromatic carbocycles. The maximum atomic E-state index is 15.0. The Morgan fingerprint density at radius 1 is 1.34 bits per heavy atom. The Labute approximate surface area is 166 Å². The van der Waals surface area contributed by atoms with Crippen LogP contribution in [0, 0.1) is 5.82 Å². The van der Waals surface area contributed by atoms with Crippen LogP contribution >= 0.6 is 0 Å². The van der Waals surface area contributed by atoms with Crippen LogP contribution < -0.4 is 15.1 Å². The highest BCUT2D eigenvalue weighted by atomic mass is 19.1. The van der Waals surface area contributed by atoms with Gasteiger partial charge in [0.25, 0.3) is 0 Å². The van der Waals surface area contributed by atoms with E-state index in [2.05, 4.69) is 15.0 Å². The van der Waals surface area contributed by atoms with Crippen LogP contribution in [0.5, 0.6) is 0 Å². The molecule has 4 heterocycles. The molecule has 1 N–H and O–H groups in total. The lowest BCUT2D eigenvalue weighted by Crippen LogP contribution is -2.40. The van der Waals surface area contributed by atoms with E-state index in [1.54, 1.807) is 6.20 Å². The standard InChI is InChI=1S/C20H19FN4O4/c1-28-19(26)23-8-18-17-6-12-5-16(13(21)7-15(12)25(17)20(27)29-18)24-9-11-3-2-4-22-14(11)10-24/h2-5,7,17-18H,6,8-10H2,1H3,(H,23,26)/t17-,18-/m0/s1. The van der Waals surface area contributed by atoms with Crippen LogP contribution in [0.25, 0.3) is 0 Å². The first-order valence-corrected chi connectivity index (χ1v) is 9.37. The molecule has 2 aromatic rings. The van der Waals surface area contributed by atoms with Gasteiger partial charge in [0.2, 0.25) is 0 Å². The zero-order valence-corrected chi connectivity index (χ0v) is 15.7. The molecule has 150 valence electrons. The second kappa shape index (κ2) is 6.61. The molecule has 3 aliphatic rings. The van der Waals surface area contributed by atoms with Crippen molar-refractivity contribution < 1.29 is 23.5 Å². The summed E-state index contributed by atoms with van der Waals surface area (Å²) >= 11 is 0. The summed E-state index contributed by atoms with van der Waals surface area (Å²) in [5.41, 5.74) is 3.95. The molecule has 0 radical (unpaired) electrons. The first kappa shape index (κ1) is 17.7. The largest absolute Gasteiger partial charge is 0.453 e. The van der Waals surface area contributed by atoms with Crippen molar-refractivity contribution in [3.05, 3.63) is 53.1 Å². The van der Waals surface area contributed by atoms with Gasteiger partial charge in [-0.05, 0) is 29.7 Å². The smallest absolute Gasteiger partial charge is 0.415 e. The number of nitrogens with one attached hydrogen (secondary N) is 1. The quantitative estimate of drug-likeness (QED) is 0.855. The highest BCUT2D eigenvalue weighted by molar-refractivity contribution is 5.94. The van der Waals surface area contributed by atoms with E-state index in [1.807, 2.05) is 23.1 Å². The van der Waals surface area contributed by atoms with Gasteiger partial charge in [0.1, 0.15) is 11.9 Å². The van der Waals surface area contributed by atoms with Gasteiger partial charge in [-0.25, -0.2) is 14.0 Å². The normalized spacial score (nSPS) is 21.5. The van der Waals surface area contributed by atoms with Crippen molar-refractivity contribution in [2.75, 3.05) is 23.5 Å². The molecule has 0 unspecified atom stereocenters. The number of hydrogen-bond acceptors (Lipinski definition) is 6. The zero-order valence-electron chi connectivity index (χ0n) is 15.7. The molecule has 1 aromatic heterocycles. The van der Waals surface area contributed by atoms with Gasteiger partial charge >= 0.3 is 12.2 Å². The van der Waals surface area contributed by atoms with E-state index in [4.69, 9.17) is 4.74 Å². The molecule has 0 bridgehead atoms. The Bertz CT molecular complexity index is 989. The minimum Gasteiger partial charge on any atom is -0.453 e. The second-order valence-corrected chi connectivity index (χ2v) is 7.33. The molecule has 5 rings (SSSR count). The number of ether oxygens (including phenoxy) is 2. The average Bonchev–Trinajstić information content (AvgIpc) is 3.38. The van der Waals surface area contributed by atoms with E-state index in [-0.39, 0.29) is 18.4 Å². The Kier molecular flexibility index (Phi) is 4.04. The predicted molar refractivity (Wildman–Crippen MR) is 101 cm³/mol. The molecule has 0 spiro atoms. The van der Waals surface area contributed by atoms with Crippen LogP contribution in [-0.4, -0.2) is 43.0 Å². The third-order valence-electron chi connectivity index (χ3n) is 5.71. The van der Waals surface area contributed by atoms with Gasteiger partial charge in [-0.2, -0.15) is 0 Å². The number of hydrogen-bond donors (Lipinski definition) is 1. The maximum Gasteiger partial charge on any atom is 0.415 e. The van der Waals surface area contributed by atoms with Crippen molar-refractivity contribution in [2.45, 2.75) is 31.7 Å². The number of methoxy groups -OCH3 is 1. The van der Waals surface area contributed by atoms with E-state index in [0.717, 1.165) is 16.8 Å². The van der Waals surface area contributed by atoms with Crippen molar-refractivity contribution in [1.29, 1.82) is 0 Å². The SMILES string of the molecule is COC(=O)NC[C@@H]1OC(=O)N2c3cc(F)c(N4Cc5cccnc5C4)cc3C[C@@H]12. The van der Waals surface area contributed by atoms with Crippen LogP contribution in [0.1, 0.15) is 16.8 Å². The van der Waals surface area contributed by atoms with Gasteiger partial charge in [0.05, 0.1) is 43.3 Å². The molecule has 0 saturated carbocycles. The lowest BCUT2D eigenvalue weighted by atomic mass is 10.0. The third kappa shape index (κ3) is 2.84. The van der Waals surface area contributed by atoms with Gasteiger partial charge in [-0.1, -0.05) is 6.07 Å². The number of fused-ring (bicyclic) bond motifs is 4.